The van der Waals surface area contributed by atoms with Crippen LogP contribution >= 0.6 is 23.8 Å². The summed E-state index contributed by atoms with van der Waals surface area (Å²) >= 11 is 11.0. The monoisotopic (exact) mass is 279 g/mol. The number of hydrogen-bond acceptors (Lipinski definition) is 3. The number of nitrogens with two attached hydrogens (primary N) is 1. The lowest BCUT2D eigenvalue weighted by molar-refractivity contribution is 0.639. The Labute approximate surface area is 114 Å². The minimum absolute atomic E-state index is 0.174. The standard InChI is InChI=1S/C12H10ClN3OS/c13-10-6-8(12(14)18)3-4-9(10)7-16-11(17)2-1-5-15-16/h1-6H,7H2,(H2,14,18). The van der Waals surface area contributed by atoms with Crippen molar-refractivity contribution in [2.24, 2.45) is 5.73 Å². The largest absolute Gasteiger partial charge is 0.389 e. The molecule has 0 aliphatic rings. The van der Waals surface area contributed by atoms with Crippen LogP contribution in [0.25, 0.3) is 0 Å². The van der Waals surface area contributed by atoms with E-state index in [1.165, 1.54) is 10.7 Å². The lowest BCUT2D eigenvalue weighted by Crippen LogP contribution is -2.22. The average molecular weight is 280 g/mol. The molecule has 1 aromatic carbocycles. The molecule has 0 saturated carbocycles. The van der Waals surface area contributed by atoms with Crippen LogP contribution in [0.15, 0.2) is 41.3 Å². The SMILES string of the molecule is NC(=S)c1ccc(Cn2ncccc2=O)c(Cl)c1. The van der Waals surface area contributed by atoms with Gasteiger partial charge in [0.15, 0.2) is 0 Å². The van der Waals surface area contributed by atoms with Crippen LogP contribution in [0, 0.1) is 0 Å². The molecule has 0 saturated heterocycles. The molecule has 0 radical (unpaired) electrons. The molecule has 1 aromatic heterocycles. The van der Waals surface area contributed by atoms with Gasteiger partial charge in [-0.15, -0.1) is 0 Å². The second kappa shape index (κ2) is 5.29. The fourth-order valence-corrected chi connectivity index (χ4v) is 1.86. The summed E-state index contributed by atoms with van der Waals surface area (Å²) in [5.41, 5.74) is 6.83. The van der Waals surface area contributed by atoms with E-state index in [1.807, 2.05) is 0 Å². The molecule has 6 heteroatoms. The molecule has 2 aromatic rings. The highest BCUT2D eigenvalue weighted by atomic mass is 35.5. The first-order valence-electron chi connectivity index (χ1n) is 5.18. The van der Waals surface area contributed by atoms with Crippen LogP contribution in [-0.2, 0) is 6.54 Å². The minimum Gasteiger partial charge on any atom is -0.389 e. The maximum atomic E-state index is 11.5. The Kier molecular flexibility index (Phi) is 3.74. The van der Waals surface area contributed by atoms with Crippen LogP contribution in [0.5, 0.6) is 0 Å². The van der Waals surface area contributed by atoms with Crippen molar-refractivity contribution in [2.75, 3.05) is 0 Å². The zero-order valence-electron chi connectivity index (χ0n) is 9.34. The van der Waals surface area contributed by atoms with Gasteiger partial charge in [-0.3, -0.25) is 4.79 Å². The first kappa shape index (κ1) is 12.7. The quantitative estimate of drug-likeness (QED) is 0.867. The highest BCUT2D eigenvalue weighted by Crippen LogP contribution is 2.18. The number of halogens is 1. The average Bonchev–Trinajstić information content (AvgIpc) is 2.34. The third kappa shape index (κ3) is 2.75. The molecule has 4 nitrogen and oxygen atoms in total. The number of aromatic nitrogens is 2. The van der Waals surface area contributed by atoms with E-state index in [-0.39, 0.29) is 5.56 Å². The van der Waals surface area contributed by atoms with Crippen molar-refractivity contribution in [3.05, 3.63) is 63.0 Å². The fraction of sp³-hybridized carbons (Fsp3) is 0.0833. The topological polar surface area (TPSA) is 60.9 Å². The van der Waals surface area contributed by atoms with E-state index in [0.29, 0.717) is 22.1 Å². The van der Waals surface area contributed by atoms with Crippen molar-refractivity contribution in [1.82, 2.24) is 9.78 Å². The number of rotatable bonds is 3. The highest BCUT2D eigenvalue weighted by Gasteiger charge is 2.05. The molecule has 1 heterocycles. The molecule has 0 unspecified atom stereocenters. The Hall–Kier alpha value is -1.72. The molecule has 0 spiro atoms. The minimum atomic E-state index is -0.174. The summed E-state index contributed by atoms with van der Waals surface area (Å²) in [5, 5.41) is 4.48. The summed E-state index contributed by atoms with van der Waals surface area (Å²) in [4.78, 5) is 11.8. The fourth-order valence-electron chi connectivity index (χ4n) is 1.50. The van der Waals surface area contributed by atoms with Gasteiger partial charge in [0.1, 0.15) is 4.99 Å². The molecule has 18 heavy (non-hydrogen) atoms. The number of hydrogen-bond donors (Lipinski definition) is 1. The summed E-state index contributed by atoms with van der Waals surface area (Å²) in [7, 11) is 0. The van der Waals surface area contributed by atoms with Crippen molar-refractivity contribution in [2.45, 2.75) is 6.54 Å². The summed E-state index contributed by atoms with van der Waals surface area (Å²) in [6.07, 6.45) is 1.55. The number of benzene rings is 1. The van der Waals surface area contributed by atoms with Crippen molar-refractivity contribution in [1.29, 1.82) is 0 Å². The van der Waals surface area contributed by atoms with Crippen molar-refractivity contribution in [3.63, 3.8) is 0 Å². The first-order chi connectivity index (χ1) is 8.58. The van der Waals surface area contributed by atoms with Crippen LogP contribution in [0.4, 0.5) is 0 Å². The van der Waals surface area contributed by atoms with Crippen LogP contribution in [0.2, 0.25) is 5.02 Å². The first-order valence-corrected chi connectivity index (χ1v) is 5.97. The number of thiocarbonyl (C=S) groups is 1. The number of nitrogens with zero attached hydrogens (tertiary/aromatic N) is 2. The summed E-state index contributed by atoms with van der Waals surface area (Å²) < 4.78 is 1.33. The van der Waals surface area contributed by atoms with E-state index in [9.17, 15) is 4.79 Å². The van der Waals surface area contributed by atoms with Crippen LogP contribution < -0.4 is 11.3 Å². The second-order valence-electron chi connectivity index (χ2n) is 3.69. The predicted octanol–water partition coefficient (Wildman–Crippen LogP) is 1.58. The highest BCUT2D eigenvalue weighted by molar-refractivity contribution is 7.80. The molecule has 92 valence electrons. The van der Waals surface area contributed by atoms with Gasteiger partial charge in [-0.05, 0) is 17.7 Å². The van der Waals surface area contributed by atoms with Crippen LogP contribution in [0.3, 0.4) is 0 Å². The maximum absolute atomic E-state index is 11.5. The second-order valence-corrected chi connectivity index (χ2v) is 4.54. The van der Waals surface area contributed by atoms with E-state index in [0.717, 1.165) is 5.56 Å². The summed E-state index contributed by atoms with van der Waals surface area (Å²) in [6, 6.07) is 8.29. The van der Waals surface area contributed by atoms with Gasteiger partial charge in [0.05, 0.1) is 6.54 Å². The smallest absolute Gasteiger partial charge is 0.267 e. The Bertz CT molecular complexity index is 654. The molecule has 0 fully saturated rings. The lowest BCUT2D eigenvalue weighted by atomic mass is 10.1. The maximum Gasteiger partial charge on any atom is 0.267 e. The van der Waals surface area contributed by atoms with Gasteiger partial charge < -0.3 is 5.73 Å². The molecular formula is C12H10ClN3OS. The molecular weight excluding hydrogens is 270 g/mol. The van der Waals surface area contributed by atoms with E-state index >= 15 is 0 Å². The van der Waals surface area contributed by atoms with Crippen LogP contribution in [0.1, 0.15) is 11.1 Å². The van der Waals surface area contributed by atoms with Gasteiger partial charge in [-0.2, -0.15) is 5.10 Å². The lowest BCUT2D eigenvalue weighted by Gasteiger charge is -2.07. The summed E-state index contributed by atoms with van der Waals surface area (Å²) in [5.74, 6) is 0. The molecule has 0 amide bonds. The van der Waals surface area contributed by atoms with Gasteiger partial charge in [0.25, 0.3) is 5.56 Å². The zero-order valence-corrected chi connectivity index (χ0v) is 10.9. The molecule has 2 rings (SSSR count). The van der Waals surface area contributed by atoms with E-state index in [4.69, 9.17) is 29.6 Å². The van der Waals surface area contributed by atoms with E-state index < -0.39 is 0 Å². The molecule has 0 atom stereocenters. The third-order valence-electron chi connectivity index (χ3n) is 2.44. The zero-order chi connectivity index (χ0) is 13.1. The molecule has 0 bridgehead atoms. The van der Waals surface area contributed by atoms with Gasteiger partial charge >= 0.3 is 0 Å². The van der Waals surface area contributed by atoms with Crippen molar-refractivity contribution in [3.8, 4) is 0 Å². The van der Waals surface area contributed by atoms with Crippen molar-refractivity contribution >= 4 is 28.8 Å². The Morgan fingerprint density at radius 1 is 1.44 bits per heavy atom. The Balaban J connectivity index is 2.33. The Morgan fingerprint density at radius 3 is 2.83 bits per heavy atom. The van der Waals surface area contributed by atoms with Crippen LogP contribution in [-0.4, -0.2) is 14.8 Å². The van der Waals surface area contributed by atoms with Crippen molar-refractivity contribution < 1.29 is 0 Å². The molecule has 0 aliphatic heterocycles. The van der Waals surface area contributed by atoms with Gasteiger partial charge in [0, 0.05) is 22.8 Å². The molecule has 0 aliphatic carbocycles. The van der Waals surface area contributed by atoms with Gasteiger partial charge in [-0.1, -0.05) is 36.0 Å². The Morgan fingerprint density at radius 2 is 2.22 bits per heavy atom. The van der Waals surface area contributed by atoms with Gasteiger partial charge in [0.2, 0.25) is 0 Å². The normalized spacial score (nSPS) is 10.3. The van der Waals surface area contributed by atoms with Gasteiger partial charge in [-0.25, -0.2) is 4.68 Å². The van der Waals surface area contributed by atoms with E-state index in [2.05, 4.69) is 5.10 Å². The predicted molar refractivity (Wildman–Crippen MR) is 74.9 cm³/mol. The summed E-state index contributed by atoms with van der Waals surface area (Å²) in [6.45, 7) is 0.316. The third-order valence-corrected chi connectivity index (χ3v) is 3.03. The van der Waals surface area contributed by atoms with E-state index in [1.54, 1.807) is 30.5 Å². The molecule has 2 N–H and O–H groups in total.